The van der Waals surface area contributed by atoms with Crippen molar-refractivity contribution >= 4 is 23.1 Å². The largest absolute Gasteiger partial charge is 0.507 e. The van der Waals surface area contributed by atoms with Gasteiger partial charge in [-0.2, -0.15) is 0 Å². The lowest BCUT2D eigenvalue weighted by Gasteiger charge is -2.26. The van der Waals surface area contributed by atoms with Gasteiger partial charge in [0.2, 0.25) is 0 Å². The number of carbonyl (C=O) groups is 2. The molecule has 0 bridgehead atoms. The molecule has 0 aromatic heterocycles. The zero-order chi connectivity index (χ0) is 22.1. The third-order valence-corrected chi connectivity index (χ3v) is 5.25. The molecule has 0 spiro atoms. The van der Waals surface area contributed by atoms with E-state index < -0.39 is 23.5 Å². The third kappa shape index (κ3) is 3.68. The first-order valence-electron chi connectivity index (χ1n) is 9.68. The molecule has 0 saturated carbocycles. The van der Waals surface area contributed by atoms with Gasteiger partial charge in [-0.3, -0.25) is 14.5 Å². The van der Waals surface area contributed by atoms with Gasteiger partial charge in [0, 0.05) is 17.3 Å². The summed E-state index contributed by atoms with van der Waals surface area (Å²) in [6.45, 7) is 1.90. The number of hydrogen-bond acceptors (Lipinski definition) is 4. The molecule has 3 aromatic carbocycles. The quantitative estimate of drug-likeness (QED) is 0.377. The molecule has 156 valence electrons. The van der Waals surface area contributed by atoms with E-state index in [1.165, 1.54) is 36.3 Å². The Balaban J connectivity index is 1.95. The predicted molar refractivity (Wildman–Crippen MR) is 115 cm³/mol. The monoisotopic (exact) mass is 417 g/mol. The minimum absolute atomic E-state index is 0.0509. The molecule has 1 heterocycles. The number of halogens is 1. The van der Waals surface area contributed by atoms with Crippen molar-refractivity contribution in [2.45, 2.75) is 13.0 Å². The van der Waals surface area contributed by atoms with E-state index in [4.69, 9.17) is 4.74 Å². The highest BCUT2D eigenvalue weighted by Gasteiger charge is 2.47. The Hall–Kier alpha value is -3.93. The van der Waals surface area contributed by atoms with Crippen LogP contribution in [-0.2, 0) is 9.59 Å². The summed E-state index contributed by atoms with van der Waals surface area (Å²) in [7, 11) is 1.51. The van der Waals surface area contributed by atoms with Gasteiger partial charge >= 0.3 is 0 Å². The van der Waals surface area contributed by atoms with Crippen LogP contribution in [-0.4, -0.2) is 23.9 Å². The predicted octanol–water partition coefficient (Wildman–Crippen LogP) is 4.77. The lowest BCUT2D eigenvalue weighted by molar-refractivity contribution is -0.132. The summed E-state index contributed by atoms with van der Waals surface area (Å²) < 4.78 is 18.6. The number of carbonyl (C=O) groups excluding carboxylic acids is 2. The fourth-order valence-electron chi connectivity index (χ4n) is 3.78. The van der Waals surface area contributed by atoms with E-state index in [2.05, 4.69) is 0 Å². The van der Waals surface area contributed by atoms with Crippen LogP contribution in [0.3, 0.4) is 0 Å². The number of methoxy groups -OCH3 is 1. The van der Waals surface area contributed by atoms with E-state index in [-0.39, 0.29) is 16.9 Å². The molecule has 1 fully saturated rings. The topological polar surface area (TPSA) is 66.8 Å². The number of benzene rings is 3. The van der Waals surface area contributed by atoms with Gasteiger partial charge in [-0.15, -0.1) is 0 Å². The smallest absolute Gasteiger partial charge is 0.300 e. The standard InChI is InChI=1S/C25H20FNO4/c1-15-5-3-6-17(13-15)22-21(23(28)16-9-11-18(26)12-10-16)24(29)25(30)27(22)19-7-4-8-20(14-19)31-2/h3-14,22,28H,1-2H3/b23-21+. The Labute approximate surface area is 179 Å². The average Bonchev–Trinajstić information content (AvgIpc) is 3.04. The number of ketones is 1. The Bertz CT molecular complexity index is 1200. The fourth-order valence-corrected chi connectivity index (χ4v) is 3.78. The summed E-state index contributed by atoms with van der Waals surface area (Å²) in [6.07, 6.45) is 0. The van der Waals surface area contributed by atoms with E-state index in [0.29, 0.717) is 17.0 Å². The lowest BCUT2D eigenvalue weighted by atomic mass is 9.94. The van der Waals surface area contributed by atoms with Gasteiger partial charge < -0.3 is 9.84 Å². The first-order valence-corrected chi connectivity index (χ1v) is 9.68. The van der Waals surface area contributed by atoms with Crippen LogP contribution in [0.1, 0.15) is 22.7 Å². The van der Waals surface area contributed by atoms with Crippen LogP contribution in [0.2, 0.25) is 0 Å². The Morgan fingerprint density at radius 2 is 1.71 bits per heavy atom. The second kappa shape index (κ2) is 8.07. The fraction of sp³-hybridized carbons (Fsp3) is 0.120. The minimum Gasteiger partial charge on any atom is -0.507 e. The highest BCUT2D eigenvalue weighted by atomic mass is 19.1. The maximum Gasteiger partial charge on any atom is 0.300 e. The molecule has 1 amide bonds. The molecule has 1 saturated heterocycles. The number of aryl methyl sites for hydroxylation is 1. The number of Topliss-reactive ketones (excluding diaryl/α,β-unsaturated/α-hetero) is 1. The molecule has 6 heteroatoms. The van der Waals surface area contributed by atoms with Crippen LogP contribution in [0.15, 0.2) is 78.4 Å². The van der Waals surface area contributed by atoms with Crippen molar-refractivity contribution in [3.05, 3.63) is 101 Å². The van der Waals surface area contributed by atoms with E-state index in [0.717, 1.165) is 5.56 Å². The van der Waals surface area contributed by atoms with Gasteiger partial charge in [0.1, 0.15) is 17.3 Å². The van der Waals surface area contributed by atoms with Gasteiger partial charge in [0.15, 0.2) is 0 Å². The Kier molecular flexibility index (Phi) is 5.29. The minimum atomic E-state index is -0.850. The van der Waals surface area contributed by atoms with Crippen molar-refractivity contribution in [1.82, 2.24) is 0 Å². The van der Waals surface area contributed by atoms with Crippen molar-refractivity contribution in [3.8, 4) is 5.75 Å². The van der Waals surface area contributed by atoms with Crippen LogP contribution in [0.4, 0.5) is 10.1 Å². The highest BCUT2D eigenvalue weighted by molar-refractivity contribution is 6.51. The van der Waals surface area contributed by atoms with Gasteiger partial charge in [-0.1, -0.05) is 35.9 Å². The van der Waals surface area contributed by atoms with Gasteiger partial charge in [0.05, 0.1) is 18.7 Å². The summed E-state index contributed by atoms with van der Waals surface area (Å²) in [5.41, 5.74) is 2.28. The molecule has 0 aliphatic carbocycles. The summed E-state index contributed by atoms with van der Waals surface area (Å²) in [6, 6.07) is 18.5. The van der Waals surface area contributed by atoms with Crippen molar-refractivity contribution in [2.24, 2.45) is 0 Å². The number of aliphatic hydroxyl groups is 1. The second-order valence-corrected chi connectivity index (χ2v) is 7.29. The number of ether oxygens (including phenoxy) is 1. The molecule has 31 heavy (non-hydrogen) atoms. The van der Waals surface area contributed by atoms with Crippen LogP contribution >= 0.6 is 0 Å². The number of hydrogen-bond donors (Lipinski definition) is 1. The van der Waals surface area contributed by atoms with Crippen molar-refractivity contribution in [3.63, 3.8) is 0 Å². The number of amides is 1. The Morgan fingerprint density at radius 3 is 2.39 bits per heavy atom. The zero-order valence-electron chi connectivity index (χ0n) is 17.0. The van der Waals surface area contributed by atoms with Crippen LogP contribution in [0, 0.1) is 12.7 Å². The van der Waals surface area contributed by atoms with Crippen LogP contribution in [0.25, 0.3) is 5.76 Å². The third-order valence-electron chi connectivity index (χ3n) is 5.25. The lowest BCUT2D eigenvalue weighted by Crippen LogP contribution is -2.29. The summed E-state index contributed by atoms with van der Waals surface area (Å²) >= 11 is 0. The molecule has 5 nitrogen and oxygen atoms in total. The van der Waals surface area contributed by atoms with Gasteiger partial charge in [0.25, 0.3) is 11.7 Å². The van der Waals surface area contributed by atoms with Gasteiger partial charge in [-0.25, -0.2) is 4.39 Å². The van der Waals surface area contributed by atoms with Crippen molar-refractivity contribution in [1.29, 1.82) is 0 Å². The normalized spacial score (nSPS) is 17.8. The van der Waals surface area contributed by atoms with E-state index in [1.54, 1.807) is 30.3 Å². The highest BCUT2D eigenvalue weighted by Crippen LogP contribution is 2.42. The first-order chi connectivity index (χ1) is 14.9. The molecular formula is C25H20FNO4. The molecule has 0 radical (unpaired) electrons. The summed E-state index contributed by atoms with van der Waals surface area (Å²) in [5.74, 6) is -1.86. The number of rotatable bonds is 4. The van der Waals surface area contributed by atoms with Crippen LogP contribution < -0.4 is 9.64 Å². The SMILES string of the molecule is COc1cccc(N2C(=O)C(=O)/C(=C(/O)c3ccc(F)cc3)C2c2cccc(C)c2)c1. The van der Waals surface area contributed by atoms with E-state index >= 15 is 0 Å². The maximum atomic E-state index is 13.4. The number of nitrogens with zero attached hydrogens (tertiary/aromatic N) is 1. The van der Waals surface area contributed by atoms with E-state index in [1.807, 2.05) is 25.1 Å². The first kappa shape index (κ1) is 20.3. The second-order valence-electron chi connectivity index (χ2n) is 7.29. The average molecular weight is 417 g/mol. The number of anilines is 1. The van der Waals surface area contributed by atoms with Crippen molar-refractivity contribution in [2.75, 3.05) is 12.0 Å². The summed E-state index contributed by atoms with van der Waals surface area (Å²) in [5, 5.41) is 11.0. The Morgan fingerprint density at radius 1 is 1.00 bits per heavy atom. The molecular weight excluding hydrogens is 397 g/mol. The van der Waals surface area contributed by atoms with E-state index in [9.17, 15) is 19.1 Å². The molecule has 1 unspecified atom stereocenters. The van der Waals surface area contributed by atoms with Gasteiger partial charge in [-0.05, 0) is 48.9 Å². The van der Waals surface area contributed by atoms with Crippen molar-refractivity contribution < 1.29 is 23.8 Å². The molecule has 1 atom stereocenters. The number of aliphatic hydroxyl groups excluding tert-OH is 1. The molecule has 4 rings (SSSR count). The summed E-state index contributed by atoms with van der Waals surface area (Å²) in [4.78, 5) is 27.5. The molecule has 1 aliphatic heterocycles. The van der Waals surface area contributed by atoms with Crippen LogP contribution in [0.5, 0.6) is 5.75 Å². The maximum absolute atomic E-state index is 13.4. The molecule has 1 N–H and O–H groups in total. The zero-order valence-corrected chi connectivity index (χ0v) is 17.0. The molecule has 1 aliphatic rings. The molecule has 3 aromatic rings.